The Balaban J connectivity index is 0.00000353. The number of phenolic OH excluding ortho intramolecular Hbond substituents is 1. The van der Waals surface area contributed by atoms with E-state index in [2.05, 4.69) is 126 Å². The van der Waals surface area contributed by atoms with E-state index in [0.717, 1.165) is 44.4 Å². The van der Waals surface area contributed by atoms with Gasteiger partial charge in [-0.1, -0.05) is 97.3 Å². The molecule has 1 N–H and O–H groups in total. The van der Waals surface area contributed by atoms with Crippen LogP contribution in [-0.4, -0.2) is 19.6 Å². The number of aromatic nitrogens is 3. The van der Waals surface area contributed by atoms with Gasteiger partial charge in [-0.3, -0.25) is 0 Å². The van der Waals surface area contributed by atoms with Gasteiger partial charge in [-0.2, -0.15) is 18.2 Å². The van der Waals surface area contributed by atoms with Crippen LogP contribution in [0.1, 0.15) is 77.8 Å². The van der Waals surface area contributed by atoms with Crippen LogP contribution in [0.5, 0.6) is 5.75 Å². The minimum atomic E-state index is -0.488. The maximum absolute atomic E-state index is 11.5. The van der Waals surface area contributed by atoms with Gasteiger partial charge in [0.15, 0.2) is 0 Å². The topological polar surface area (TPSA) is 50.9 Å². The van der Waals surface area contributed by atoms with Crippen molar-refractivity contribution in [3.63, 3.8) is 0 Å². The zero-order valence-corrected chi connectivity index (χ0v) is 27.9. The number of nitrogens with zero attached hydrogens (tertiary/aromatic N) is 3. The zero-order chi connectivity index (χ0) is 29.3. The van der Waals surface area contributed by atoms with Crippen LogP contribution in [0.2, 0.25) is 0 Å². The van der Waals surface area contributed by atoms with Gasteiger partial charge in [-0.05, 0) is 46.0 Å². The number of aromatic hydroxyl groups is 1. The van der Waals surface area contributed by atoms with Crippen molar-refractivity contribution in [1.29, 1.82) is 0 Å². The van der Waals surface area contributed by atoms with Gasteiger partial charge in [0.05, 0.1) is 0 Å². The maximum Gasteiger partial charge on any atom is 0.145 e. The van der Waals surface area contributed by atoms with E-state index in [1.807, 2.05) is 24.4 Å². The molecule has 0 saturated heterocycles. The molecule has 6 rings (SSSR count). The average molecular weight is 736 g/mol. The number of rotatable bonds is 3. The van der Waals surface area contributed by atoms with Crippen molar-refractivity contribution in [1.82, 2.24) is 14.5 Å². The quantitative estimate of drug-likeness (QED) is 0.185. The summed E-state index contributed by atoms with van der Waals surface area (Å²) in [7, 11) is 0. The first-order valence-electron chi connectivity index (χ1n) is 14.3. The molecule has 0 aliphatic rings. The number of hydrogen-bond donors (Lipinski definition) is 1. The predicted octanol–water partition coefficient (Wildman–Crippen LogP) is 9.15. The summed E-state index contributed by atoms with van der Waals surface area (Å²) in [6, 6.07) is 29.0. The first kappa shape index (κ1) is 30.0. The Labute approximate surface area is 263 Å². The van der Waals surface area contributed by atoms with E-state index in [1.165, 1.54) is 10.9 Å². The van der Waals surface area contributed by atoms with Crippen LogP contribution in [0.4, 0.5) is 0 Å². The summed E-state index contributed by atoms with van der Waals surface area (Å²) in [5, 5.41) is 14.8. The molecular formula is C37H38N3OPt-. The monoisotopic (exact) mass is 735 g/mol. The van der Waals surface area contributed by atoms with Crippen LogP contribution in [0.15, 0.2) is 79.0 Å². The number of pyridine rings is 2. The Morgan fingerprint density at radius 1 is 0.714 bits per heavy atom. The fraction of sp³-hybridized carbons (Fsp3) is 0.297. The summed E-state index contributed by atoms with van der Waals surface area (Å²) in [6.45, 7) is 17.4. The molecular weight excluding hydrogens is 698 g/mol. The Bertz CT molecular complexity index is 1940. The Kier molecular flexibility index (Phi) is 7.39. The van der Waals surface area contributed by atoms with Gasteiger partial charge in [-0.15, -0.1) is 10.9 Å². The molecule has 0 bridgehead atoms. The summed E-state index contributed by atoms with van der Waals surface area (Å²) >= 11 is 0. The molecule has 5 heteroatoms. The summed E-state index contributed by atoms with van der Waals surface area (Å²) in [5.41, 5.74) is 5.94. The molecule has 0 atom stereocenters. The molecule has 0 unspecified atom stereocenters. The number of para-hydroxylation sites is 1. The maximum atomic E-state index is 11.5. The van der Waals surface area contributed by atoms with Crippen LogP contribution in [-0.2, 0) is 37.3 Å². The molecule has 0 aliphatic heterocycles. The SMILES string of the molecule is CC(C)(C)c1ccc2c(C(C)(C)C)cc(C(C)(C)c3[c-]c4c(cc3)c3ccccc3n4-c3ccccn3)nc2c1O.[Pt]. The molecule has 4 nitrogen and oxygen atoms in total. The fourth-order valence-electron chi connectivity index (χ4n) is 5.94. The van der Waals surface area contributed by atoms with Crippen molar-refractivity contribution in [2.75, 3.05) is 0 Å². The Morgan fingerprint density at radius 3 is 2.05 bits per heavy atom. The van der Waals surface area contributed by atoms with Gasteiger partial charge in [0.25, 0.3) is 0 Å². The molecule has 0 amide bonds. The molecule has 0 aliphatic carbocycles. The molecule has 3 aromatic carbocycles. The van der Waals surface area contributed by atoms with Crippen molar-refractivity contribution < 1.29 is 26.2 Å². The van der Waals surface area contributed by atoms with Crippen molar-refractivity contribution >= 4 is 32.7 Å². The first-order valence-corrected chi connectivity index (χ1v) is 14.3. The molecule has 0 fully saturated rings. The number of fused-ring (bicyclic) bond motifs is 4. The van der Waals surface area contributed by atoms with Crippen molar-refractivity contribution in [2.45, 2.75) is 71.6 Å². The zero-order valence-electron chi connectivity index (χ0n) is 25.6. The Hall–Kier alpha value is -3.49. The number of phenols is 1. The van der Waals surface area contributed by atoms with Crippen LogP contribution >= 0.6 is 0 Å². The van der Waals surface area contributed by atoms with Gasteiger partial charge in [0.2, 0.25) is 0 Å². The van der Waals surface area contributed by atoms with Crippen LogP contribution in [0, 0.1) is 6.07 Å². The van der Waals surface area contributed by atoms with Crippen LogP contribution in [0.25, 0.3) is 38.5 Å². The smallest absolute Gasteiger partial charge is 0.145 e. The summed E-state index contributed by atoms with van der Waals surface area (Å²) in [5.74, 6) is 1.14. The number of hydrogen-bond acceptors (Lipinski definition) is 3. The van der Waals surface area contributed by atoms with Gasteiger partial charge in [0, 0.05) is 54.8 Å². The van der Waals surface area contributed by atoms with E-state index in [-0.39, 0.29) is 37.6 Å². The molecule has 42 heavy (non-hydrogen) atoms. The average Bonchev–Trinajstić information content (AvgIpc) is 3.25. The molecule has 0 radical (unpaired) electrons. The minimum Gasteiger partial charge on any atom is -0.505 e. The van der Waals surface area contributed by atoms with Gasteiger partial charge in [-0.25, -0.2) is 9.97 Å². The van der Waals surface area contributed by atoms with Crippen LogP contribution < -0.4 is 0 Å². The van der Waals surface area contributed by atoms with Crippen molar-refractivity contribution in [3.05, 3.63) is 107 Å². The van der Waals surface area contributed by atoms with Gasteiger partial charge < -0.3 is 9.67 Å². The molecule has 3 heterocycles. The van der Waals surface area contributed by atoms with Crippen molar-refractivity contribution in [3.8, 4) is 11.6 Å². The third-order valence-electron chi connectivity index (χ3n) is 8.35. The minimum absolute atomic E-state index is 0. The molecule has 0 spiro atoms. The summed E-state index contributed by atoms with van der Waals surface area (Å²) in [4.78, 5) is 9.87. The second kappa shape index (κ2) is 10.3. The largest absolute Gasteiger partial charge is 0.505 e. The van der Waals surface area contributed by atoms with E-state index in [4.69, 9.17) is 4.98 Å². The second-order valence-corrected chi connectivity index (χ2v) is 13.7. The number of benzene rings is 3. The van der Waals surface area contributed by atoms with E-state index in [9.17, 15) is 5.11 Å². The second-order valence-electron chi connectivity index (χ2n) is 13.7. The first-order chi connectivity index (χ1) is 19.3. The molecule has 218 valence electrons. The van der Waals surface area contributed by atoms with Crippen LogP contribution in [0.3, 0.4) is 0 Å². The van der Waals surface area contributed by atoms with E-state index in [0.29, 0.717) is 5.52 Å². The molecule has 6 aromatic rings. The summed E-state index contributed by atoms with van der Waals surface area (Å²) < 4.78 is 2.19. The standard InChI is InChI=1S/C37H38N3O.Pt/c1-35(2,3)27-19-18-26-28(36(4,5)6)22-31(39-33(26)34(27)41)37(7,8)23-16-17-25-24-13-9-10-14-29(24)40(30(25)21-23)32-15-11-12-20-38-32;/h9-20,22,41H,1-8H3;/q-1;. The van der Waals surface area contributed by atoms with Gasteiger partial charge >= 0.3 is 0 Å². The molecule has 3 aromatic heterocycles. The van der Waals surface area contributed by atoms with E-state index < -0.39 is 5.41 Å². The predicted molar refractivity (Wildman–Crippen MR) is 170 cm³/mol. The third kappa shape index (κ3) is 4.84. The van der Waals surface area contributed by atoms with Gasteiger partial charge in [0.1, 0.15) is 17.1 Å². The molecule has 0 saturated carbocycles. The van der Waals surface area contributed by atoms with E-state index >= 15 is 0 Å². The Morgan fingerprint density at radius 2 is 1.38 bits per heavy atom. The van der Waals surface area contributed by atoms with Crippen molar-refractivity contribution in [2.24, 2.45) is 0 Å². The fourth-order valence-corrected chi connectivity index (χ4v) is 5.94. The normalized spacial score (nSPS) is 12.7. The summed E-state index contributed by atoms with van der Waals surface area (Å²) in [6.07, 6.45) is 1.83. The van der Waals surface area contributed by atoms with E-state index in [1.54, 1.807) is 0 Å². The third-order valence-corrected chi connectivity index (χ3v) is 8.35.